The Balaban J connectivity index is 1.40. The van der Waals surface area contributed by atoms with Gasteiger partial charge in [0.15, 0.2) is 0 Å². The minimum atomic E-state index is -0.167. The van der Waals surface area contributed by atoms with Crippen molar-refractivity contribution >= 4 is 28.7 Å². The molecule has 1 atom stereocenters. The second kappa shape index (κ2) is 9.71. The first-order chi connectivity index (χ1) is 17.2. The lowest BCUT2D eigenvalue weighted by molar-refractivity contribution is 0.0949. The lowest BCUT2D eigenvalue weighted by atomic mass is 9.89. The van der Waals surface area contributed by atoms with Crippen LogP contribution in [-0.2, 0) is 6.54 Å². The standard InChI is InChI=1S/C28H37N5O2S/c1-17-15-23(36-5)22(26(34)31-17)16-30-27(35)24-19(3)33(25-21(24)7-6-12-29-25)18(2)20-8-13-32(14-9-20)28(4)10-11-28/h6-7,12,15,18,20H,8-11,13-14,16H2,1-5H3,(H,30,35)(H,31,34). The quantitative estimate of drug-likeness (QED) is 0.448. The van der Waals surface area contributed by atoms with Gasteiger partial charge >= 0.3 is 0 Å². The van der Waals surface area contributed by atoms with Gasteiger partial charge in [-0.1, -0.05) is 0 Å². The number of pyridine rings is 2. The summed E-state index contributed by atoms with van der Waals surface area (Å²) in [4.78, 5) is 37.2. The van der Waals surface area contributed by atoms with Crippen molar-refractivity contribution < 1.29 is 4.79 Å². The number of rotatable bonds is 7. The fourth-order valence-corrected chi connectivity index (χ4v) is 6.67. The lowest BCUT2D eigenvalue weighted by Crippen LogP contribution is -2.42. The van der Waals surface area contributed by atoms with Crippen LogP contribution in [0.25, 0.3) is 11.0 Å². The molecule has 0 bridgehead atoms. The highest BCUT2D eigenvalue weighted by Crippen LogP contribution is 2.44. The summed E-state index contributed by atoms with van der Waals surface area (Å²) in [5.41, 5.74) is 4.14. The first kappa shape index (κ1) is 25.1. The molecule has 5 rings (SSSR count). The molecule has 1 aliphatic carbocycles. The number of nitrogens with one attached hydrogen (secondary N) is 2. The molecule has 3 aromatic heterocycles. The molecule has 3 aromatic rings. The van der Waals surface area contributed by atoms with Crippen LogP contribution >= 0.6 is 11.8 Å². The van der Waals surface area contributed by atoms with E-state index in [1.54, 1.807) is 6.20 Å². The van der Waals surface area contributed by atoms with Crippen LogP contribution in [0.1, 0.15) is 72.9 Å². The molecule has 8 heteroatoms. The summed E-state index contributed by atoms with van der Waals surface area (Å²) in [6, 6.07) is 6.07. The van der Waals surface area contributed by atoms with Gasteiger partial charge in [-0.3, -0.25) is 14.5 Å². The largest absolute Gasteiger partial charge is 0.348 e. The van der Waals surface area contributed by atoms with Crippen molar-refractivity contribution in [2.24, 2.45) is 5.92 Å². The number of hydrogen-bond acceptors (Lipinski definition) is 5. The van der Waals surface area contributed by atoms with Gasteiger partial charge in [0.05, 0.1) is 5.56 Å². The number of aromatic amines is 1. The molecule has 36 heavy (non-hydrogen) atoms. The average Bonchev–Trinajstić information content (AvgIpc) is 3.55. The van der Waals surface area contributed by atoms with Gasteiger partial charge in [0.2, 0.25) is 0 Å². The Morgan fingerprint density at radius 3 is 2.69 bits per heavy atom. The molecule has 192 valence electrons. The van der Waals surface area contributed by atoms with Crippen LogP contribution in [0, 0.1) is 19.8 Å². The zero-order valence-corrected chi connectivity index (χ0v) is 22.8. The van der Waals surface area contributed by atoms with Crippen molar-refractivity contribution in [3.8, 4) is 0 Å². The monoisotopic (exact) mass is 507 g/mol. The smallest absolute Gasteiger partial charge is 0.254 e. The number of aromatic nitrogens is 3. The van der Waals surface area contributed by atoms with Crippen LogP contribution in [-0.4, -0.2) is 50.2 Å². The van der Waals surface area contributed by atoms with Crippen LogP contribution < -0.4 is 10.9 Å². The fraction of sp³-hybridized carbons (Fsp3) is 0.536. The van der Waals surface area contributed by atoms with Crippen molar-refractivity contribution in [2.75, 3.05) is 19.3 Å². The van der Waals surface area contributed by atoms with Gasteiger partial charge in [-0.05, 0) is 96.8 Å². The number of carbonyl (C=O) groups excluding carboxylic acids is 1. The molecule has 2 N–H and O–H groups in total. The maximum absolute atomic E-state index is 13.5. The zero-order valence-electron chi connectivity index (χ0n) is 22.0. The normalized spacial score (nSPS) is 18.9. The molecule has 2 aliphatic rings. The van der Waals surface area contributed by atoms with E-state index < -0.39 is 0 Å². The number of thioether (sulfide) groups is 1. The molecule has 1 saturated carbocycles. The molecule has 1 saturated heterocycles. The Morgan fingerprint density at radius 1 is 1.31 bits per heavy atom. The van der Waals surface area contributed by atoms with Gasteiger partial charge in [0.25, 0.3) is 11.5 Å². The molecule has 0 spiro atoms. The van der Waals surface area contributed by atoms with Crippen LogP contribution in [0.4, 0.5) is 0 Å². The first-order valence-electron chi connectivity index (χ1n) is 13.0. The molecule has 4 heterocycles. The SMILES string of the molecule is CSc1cc(C)[nH]c(=O)c1CNC(=O)c1c(C)n(C(C)C2CCN(C3(C)CC3)CC2)c2ncccc12. The third-order valence-corrected chi connectivity index (χ3v) is 9.28. The van der Waals surface area contributed by atoms with E-state index >= 15 is 0 Å². The third kappa shape index (κ3) is 4.50. The predicted molar refractivity (Wildman–Crippen MR) is 146 cm³/mol. The van der Waals surface area contributed by atoms with Crippen LogP contribution in [0.5, 0.6) is 0 Å². The van der Waals surface area contributed by atoms with E-state index in [0.29, 0.717) is 22.6 Å². The van der Waals surface area contributed by atoms with Crippen molar-refractivity contribution in [3.63, 3.8) is 0 Å². The number of likely N-dealkylation sites (tertiary alicyclic amines) is 1. The number of nitrogens with zero attached hydrogens (tertiary/aromatic N) is 3. The number of fused-ring (bicyclic) bond motifs is 1. The van der Waals surface area contributed by atoms with Crippen LogP contribution in [0.3, 0.4) is 0 Å². The van der Waals surface area contributed by atoms with E-state index in [9.17, 15) is 9.59 Å². The summed E-state index contributed by atoms with van der Waals surface area (Å²) in [7, 11) is 0. The number of aryl methyl sites for hydroxylation is 1. The van der Waals surface area contributed by atoms with Crippen molar-refractivity contribution in [1.29, 1.82) is 0 Å². The van der Waals surface area contributed by atoms with E-state index in [4.69, 9.17) is 4.98 Å². The Morgan fingerprint density at radius 2 is 2.03 bits per heavy atom. The van der Waals surface area contributed by atoms with Gasteiger partial charge in [0.1, 0.15) is 5.65 Å². The minimum Gasteiger partial charge on any atom is -0.348 e. The summed E-state index contributed by atoms with van der Waals surface area (Å²) in [6.07, 6.45) is 8.73. The molecule has 7 nitrogen and oxygen atoms in total. The Kier molecular flexibility index (Phi) is 6.76. The molecule has 1 amide bonds. The Labute approximate surface area is 217 Å². The predicted octanol–water partition coefficient (Wildman–Crippen LogP) is 4.82. The van der Waals surface area contributed by atoms with Crippen LogP contribution in [0.2, 0.25) is 0 Å². The Hall–Kier alpha value is -2.58. The second-order valence-electron chi connectivity index (χ2n) is 10.8. The molecular weight excluding hydrogens is 470 g/mol. The van der Waals surface area contributed by atoms with Crippen molar-refractivity contribution in [1.82, 2.24) is 24.8 Å². The summed E-state index contributed by atoms with van der Waals surface area (Å²) >= 11 is 1.52. The molecule has 0 radical (unpaired) electrons. The van der Waals surface area contributed by atoms with Gasteiger partial charge in [0, 0.05) is 51.6 Å². The second-order valence-corrected chi connectivity index (χ2v) is 11.6. The molecule has 1 aliphatic heterocycles. The minimum absolute atomic E-state index is 0.152. The third-order valence-electron chi connectivity index (χ3n) is 8.48. The summed E-state index contributed by atoms with van der Waals surface area (Å²) in [6.45, 7) is 11.0. The maximum Gasteiger partial charge on any atom is 0.254 e. The molecule has 1 unspecified atom stereocenters. The van der Waals surface area contributed by atoms with Crippen molar-refractivity contribution in [2.45, 2.75) is 76.4 Å². The molecular formula is C28H37N5O2S. The van der Waals surface area contributed by atoms with E-state index in [2.05, 4.69) is 33.6 Å². The topological polar surface area (TPSA) is 83.0 Å². The number of carbonyl (C=O) groups is 1. The van der Waals surface area contributed by atoms with Gasteiger partial charge in [-0.15, -0.1) is 11.8 Å². The van der Waals surface area contributed by atoms with E-state index in [0.717, 1.165) is 53.2 Å². The maximum atomic E-state index is 13.5. The summed E-state index contributed by atoms with van der Waals surface area (Å²) in [5.74, 6) is 0.381. The number of H-pyrrole nitrogens is 1. The highest BCUT2D eigenvalue weighted by atomic mass is 32.2. The molecule has 2 fully saturated rings. The van der Waals surface area contributed by atoms with E-state index in [1.807, 2.05) is 38.3 Å². The number of amides is 1. The van der Waals surface area contributed by atoms with Gasteiger partial charge in [-0.25, -0.2) is 4.98 Å². The highest BCUT2D eigenvalue weighted by Gasteiger charge is 2.44. The van der Waals surface area contributed by atoms with Crippen molar-refractivity contribution in [3.05, 3.63) is 57.3 Å². The zero-order chi connectivity index (χ0) is 25.6. The summed E-state index contributed by atoms with van der Waals surface area (Å²) in [5, 5.41) is 3.89. The van der Waals surface area contributed by atoms with Crippen LogP contribution in [0.15, 0.2) is 34.1 Å². The average molecular weight is 508 g/mol. The van der Waals surface area contributed by atoms with Gasteiger partial charge < -0.3 is 14.9 Å². The fourth-order valence-electron chi connectivity index (χ4n) is 5.97. The highest BCUT2D eigenvalue weighted by molar-refractivity contribution is 7.98. The lowest BCUT2D eigenvalue weighted by Gasteiger charge is -2.39. The Bertz CT molecular complexity index is 1350. The number of hydrogen-bond donors (Lipinski definition) is 2. The molecule has 0 aromatic carbocycles. The first-order valence-corrected chi connectivity index (χ1v) is 14.2. The van der Waals surface area contributed by atoms with E-state index in [-0.39, 0.29) is 24.1 Å². The van der Waals surface area contributed by atoms with Gasteiger partial charge in [-0.2, -0.15) is 0 Å². The van der Waals surface area contributed by atoms with E-state index in [1.165, 1.54) is 24.6 Å². The summed E-state index contributed by atoms with van der Waals surface area (Å²) < 4.78 is 2.27. The number of piperidine rings is 1.